The monoisotopic (exact) mass is 840 g/mol. The summed E-state index contributed by atoms with van der Waals surface area (Å²) < 4.78 is 49.3. The maximum atomic E-state index is 13.8. The standard InChI is InChI=1S/C44H52N4O9SSi/c1-10-26-53-43(28-54-44(31-14-12-11-13-15-31,32-16-20-34(51-6)21-17-32)33-18-22-35(52-7)23-19-33)37(57-59(8,9)42(3,4)5)36(55-41(58)47-25-24-45-29-47)39(56-43)48-27-30(2)38(49)46-40(48)50/h10-25,27,29,36-37,39H,1,26,28H2,2-9H3,(H,46,49,50)/t36-,37+,39-,43-/m1/s1. The average molecular weight is 841 g/mol. The molecule has 1 aliphatic heterocycles. The molecule has 0 amide bonds. The van der Waals surface area contributed by atoms with Crippen molar-refractivity contribution >= 4 is 25.7 Å². The zero-order valence-corrected chi connectivity index (χ0v) is 36.5. The van der Waals surface area contributed by atoms with E-state index in [9.17, 15) is 9.59 Å². The highest BCUT2D eigenvalue weighted by Gasteiger charge is 2.63. The van der Waals surface area contributed by atoms with Gasteiger partial charge in [-0.05, 0) is 78.2 Å². The van der Waals surface area contributed by atoms with Gasteiger partial charge in [0.1, 0.15) is 36.1 Å². The molecule has 5 aromatic rings. The molecule has 0 bridgehead atoms. The average Bonchev–Trinajstić information content (AvgIpc) is 3.87. The highest BCUT2D eigenvalue weighted by Crippen LogP contribution is 2.49. The van der Waals surface area contributed by atoms with E-state index < -0.39 is 49.4 Å². The number of imidazole rings is 1. The molecule has 13 nitrogen and oxygen atoms in total. The van der Waals surface area contributed by atoms with Gasteiger partial charge in [0.05, 0.1) is 20.8 Å². The number of nitrogens with zero attached hydrogens (tertiary/aromatic N) is 3. The molecule has 6 rings (SSSR count). The SMILES string of the molecule is C=CCO[C@]1(COC(c2ccccc2)(c2ccc(OC)cc2)c2ccc(OC)cc2)O[C@@H](n2cc(C)c(=O)[nH]c2=O)[C@H](OC(=S)n2ccnc2)[C@@H]1O[Si](C)(C)C(C)(C)C. The Hall–Kier alpha value is -5.16. The molecule has 1 fully saturated rings. The van der Waals surface area contributed by atoms with Crippen molar-refractivity contribution in [3.05, 3.63) is 160 Å². The fourth-order valence-electron chi connectivity index (χ4n) is 6.80. The number of methoxy groups -OCH3 is 2. The number of aryl methyl sites for hydroxylation is 1. The number of aromatic amines is 1. The highest BCUT2D eigenvalue weighted by atomic mass is 32.1. The number of benzene rings is 3. The fraction of sp³-hybridized carbons (Fsp3) is 0.364. The Kier molecular flexibility index (Phi) is 12.9. The van der Waals surface area contributed by atoms with Crippen LogP contribution in [-0.4, -0.2) is 78.0 Å². The number of ether oxygens (including phenoxy) is 6. The first-order valence-electron chi connectivity index (χ1n) is 19.2. The Morgan fingerprint density at radius 3 is 2.08 bits per heavy atom. The predicted octanol–water partition coefficient (Wildman–Crippen LogP) is 7.10. The van der Waals surface area contributed by atoms with Gasteiger partial charge in [0.25, 0.3) is 10.7 Å². The van der Waals surface area contributed by atoms with Crippen LogP contribution in [0.3, 0.4) is 0 Å². The lowest BCUT2D eigenvalue weighted by atomic mass is 9.80. The number of nitrogens with one attached hydrogen (secondary N) is 1. The maximum absolute atomic E-state index is 13.8. The molecule has 1 aliphatic rings. The van der Waals surface area contributed by atoms with Crippen LogP contribution in [0.2, 0.25) is 18.1 Å². The molecule has 3 heterocycles. The minimum Gasteiger partial charge on any atom is -0.497 e. The van der Waals surface area contributed by atoms with Crippen molar-refractivity contribution in [3.8, 4) is 11.5 Å². The Morgan fingerprint density at radius 2 is 1.56 bits per heavy atom. The van der Waals surface area contributed by atoms with Gasteiger partial charge in [-0.1, -0.05) is 81.4 Å². The summed E-state index contributed by atoms with van der Waals surface area (Å²) in [5.41, 5.74) is 0.0450. The second-order valence-corrected chi connectivity index (χ2v) is 20.9. The molecule has 0 radical (unpaired) electrons. The third-order valence-electron chi connectivity index (χ3n) is 11.0. The van der Waals surface area contributed by atoms with Crippen molar-refractivity contribution in [1.29, 1.82) is 0 Å². The lowest BCUT2D eigenvalue weighted by Gasteiger charge is -2.45. The van der Waals surface area contributed by atoms with Crippen LogP contribution in [-0.2, 0) is 29.0 Å². The van der Waals surface area contributed by atoms with E-state index in [0.717, 1.165) is 16.7 Å². The van der Waals surface area contributed by atoms with Gasteiger partial charge in [-0.2, -0.15) is 0 Å². The molecule has 1 saturated heterocycles. The van der Waals surface area contributed by atoms with E-state index in [-0.39, 0.29) is 29.0 Å². The molecule has 4 atom stereocenters. The summed E-state index contributed by atoms with van der Waals surface area (Å²) in [6.07, 6.45) is 4.28. The zero-order chi connectivity index (χ0) is 42.6. The molecule has 15 heteroatoms. The number of rotatable bonds is 15. The normalized spacial score (nSPS) is 19.6. The lowest BCUT2D eigenvalue weighted by Crippen LogP contribution is -2.58. The number of thiocarbonyl (C=S) groups is 1. The van der Waals surface area contributed by atoms with Gasteiger partial charge in [0.15, 0.2) is 20.6 Å². The second kappa shape index (κ2) is 17.6. The van der Waals surface area contributed by atoms with Crippen molar-refractivity contribution in [2.24, 2.45) is 0 Å². The summed E-state index contributed by atoms with van der Waals surface area (Å²) in [6, 6.07) is 25.1. The highest BCUT2D eigenvalue weighted by molar-refractivity contribution is 7.80. The van der Waals surface area contributed by atoms with Crippen LogP contribution in [0.5, 0.6) is 11.5 Å². The van der Waals surface area contributed by atoms with Gasteiger partial charge in [0.2, 0.25) is 5.79 Å². The van der Waals surface area contributed by atoms with E-state index >= 15 is 0 Å². The molecular weight excluding hydrogens is 789 g/mol. The number of hydrogen-bond acceptors (Lipinski definition) is 11. The molecule has 2 aromatic heterocycles. The topological polar surface area (TPSA) is 137 Å². The summed E-state index contributed by atoms with van der Waals surface area (Å²) in [5, 5.41) is -0.286. The predicted molar refractivity (Wildman–Crippen MR) is 230 cm³/mol. The van der Waals surface area contributed by atoms with Crippen molar-refractivity contribution in [2.45, 2.75) is 75.7 Å². The first-order chi connectivity index (χ1) is 28.1. The Labute approximate surface area is 350 Å². The first kappa shape index (κ1) is 43.4. The molecule has 3 aromatic carbocycles. The molecule has 59 heavy (non-hydrogen) atoms. The van der Waals surface area contributed by atoms with E-state index in [1.807, 2.05) is 78.9 Å². The molecule has 0 aliphatic carbocycles. The Balaban J connectivity index is 1.61. The summed E-state index contributed by atoms with van der Waals surface area (Å²) in [5.74, 6) is -0.473. The van der Waals surface area contributed by atoms with Crippen LogP contribution < -0.4 is 20.7 Å². The summed E-state index contributed by atoms with van der Waals surface area (Å²) in [7, 11) is 0.462. The minimum atomic E-state index is -2.77. The van der Waals surface area contributed by atoms with Crippen LogP contribution in [0.25, 0.3) is 0 Å². The van der Waals surface area contributed by atoms with E-state index in [4.69, 9.17) is 45.1 Å². The fourth-order valence-corrected chi connectivity index (χ4v) is 8.32. The Bertz CT molecular complexity index is 2280. The van der Waals surface area contributed by atoms with Crippen molar-refractivity contribution < 1.29 is 32.8 Å². The van der Waals surface area contributed by atoms with Gasteiger partial charge in [-0.3, -0.25) is 18.9 Å². The quantitative estimate of drug-likeness (QED) is 0.0500. The summed E-state index contributed by atoms with van der Waals surface area (Å²) in [6.45, 7) is 15.8. The lowest BCUT2D eigenvalue weighted by molar-refractivity contribution is -0.289. The van der Waals surface area contributed by atoms with Crippen LogP contribution in [0.4, 0.5) is 0 Å². The van der Waals surface area contributed by atoms with Gasteiger partial charge in [-0.15, -0.1) is 6.58 Å². The van der Waals surface area contributed by atoms with Crippen LogP contribution in [0.15, 0.2) is 126 Å². The van der Waals surface area contributed by atoms with E-state index in [1.54, 1.807) is 39.6 Å². The van der Waals surface area contributed by atoms with Gasteiger partial charge in [0, 0.05) is 24.2 Å². The molecule has 0 saturated carbocycles. The summed E-state index contributed by atoms with van der Waals surface area (Å²) in [4.78, 5) is 33.0. The third kappa shape index (κ3) is 8.76. The second-order valence-electron chi connectivity index (χ2n) is 15.8. The van der Waals surface area contributed by atoms with Crippen molar-refractivity contribution in [1.82, 2.24) is 19.1 Å². The number of hydrogen-bond donors (Lipinski definition) is 1. The van der Waals surface area contributed by atoms with E-state index in [2.05, 4.69) is 50.4 Å². The van der Waals surface area contributed by atoms with Crippen molar-refractivity contribution in [2.75, 3.05) is 27.4 Å². The maximum Gasteiger partial charge on any atom is 0.330 e. The zero-order valence-electron chi connectivity index (χ0n) is 34.7. The first-order valence-corrected chi connectivity index (χ1v) is 22.5. The largest absolute Gasteiger partial charge is 0.497 e. The van der Waals surface area contributed by atoms with E-state index in [0.29, 0.717) is 11.5 Å². The summed E-state index contributed by atoms with van der Waals surface area (Å²) >= 11 is 5.83. The van der Waals surface area contributed by atoms with Crippen LogP contribution in [0.1, 0.15) is 49.3 Å². The minimum absolute atomic E-state index is 0.00487. The third-order valence-corrected chi connectivity index (χ3v) is 15.8. The number of aromatic nitrogens is 4. The van der Waals surface area contributed by atoms with Gasteiger partial charge >= 0.3 is 5.69 Å². The van der Waals surface area contributed by atoms with Crippen molar-refractivity contribution in [3.63, 3.8) is 0 Å². The molecule has 0 unspecified atom stereocenters. The van der Waals surface area contributed by atoms with Crippen LogP contribution >= 0.6 is 12.2 Å². The molecular formula is C44H52N4O9SSi. The molecule has 0 spiro atoms. The van der Waals surface area contributed by atoms with Gasteiger partial charge < -0.3 is 32.8 Å². The van der Waals surface area contributed by atoms with Crippen LogP contribution in [0, 0.1) is 6.92 Å². The molecule has 312 valence electrons. The smallest absolute Gasteiger partial charge is 0.330 e. The Morgan fingerprint density at radius 1 is 0.966 bits per heavy atom. The number of H-pyrrole nitrogens is 1. The van der Waals surface area contributed by atoms with Gasteiger partial charge in [-0.25, -0.2) is 9.78 Å². The molecule has 1 N–H and O–H groups in total. The van der Waals surface area contributed by atoms with E-state index in [1.165, 1.54) is 21.7 Å².